The van der Waals surface area contributed by atoms with Gasteiger partial charge in [0, 0.05) is 18.2 Å². The summed E-state index contributed by atoms with van der Waals surface area (Å²) in [7, 11) is 0. The Morgan fingerprint density at radius 2 is 1.97 bits per heavy atom. The number of nitrogens with zero attached hydrogens (tertiary/aromatic N) is 2. The molecule has 2 atom stereocenters. The number of hydrogen-bond donors (Lipinski definition) is 3. The van der Waals surface area contributed by atoms with E-state index in [-0.39, 0.29) is 19.0 Å². The summed E-state index contributed by atoms with van der Waals surface area (Å²) in [6, 6.07) is 12.5. The molecule has 0 saturated carbocycles. The molecule has 3 N–H and O–H groups in total. The van der Waals surface area contributed by atoms with Crippen LogP contribution in [0.2, 0.25) is 0 Å². The molecule has 1 aliphatic rings. The standard InChI is InChI=1S/C23H21F4N5O3/c1-13(23(25,26)27)35-12-14-3-2-4-15(9-14)19-10-20(30-21(33)18-11-28-22(34)29-18)31-32(19)17-7-5-16(24)6-8-17/h2-10,13,18H,11-12H2,1H3,(H2,28,29,34)(H,30,31,33)/t13-,18-/m1/s1. The van der Waals surface area contributed by atoms with E-state index >= 15 is 0 Å². The van der Waals surface area contributed by atoms with Gasteiger partial charge in [-0.05, 0) is 42.8 Å². The highest BCUT2D eigenvalue weighted by Crippen LogP contribution is 2.28. The van der Waals surface area contributed by atoms with Crippen LogP contribution in [0.3, 0.4) is 0 Å². The van der Waals surface area contributed by atoms with Crippen molar-refractivity contribution in [1.29, 1.82) is 0 Å². The molecule has 8 nitrogen and oxygen atoms in total. The van der Waals surface area contributed by atoms with Gasteiger partial charge in [0.15, 0.2) is 11.9 Å². The Balaban J connectivity index is 1.63. The Morgan fingerprint density at radius 3 is 2.63 bits per heavy atom. The van der Waals surface area contributed by atoms with Gasteiger partial charge < -0.3 is 20.7 Å². The van der Waals surface area contributed by atoms with Crippen LogP contribution in [0.15, 0.2) is 54.6 Å². The second-order valence-electron chi connectivity index (χ2n) is 7.89. The molecule has 35 heavy (non-hydrogen) atoms. The number of aromatic nitrogens is 2. The van der Waals surface area contributed by atoms with Crippen LogP contribution in [0.1, 0.15) is 12.5 Å². The van der Waals surface area contributed by atoms with E-state index < -0.39 is 36.1 Å². The summed E-state index contributed by atoms with van der Waals surface area (Å²) >= 11 is 0. The molecule has 1 aromatic heterocycles. The van der Waals surface area contributed by atoms with E-state index in [1.54, 1.807) is 30.3 Å². The minimum absolute atomic E-state index is 0.120. The normalized spacial score (nSPS) is 16.5. The molecule has 1 fully saturated rings. The van der Waals surface area contributed by atoms with E-state index in [4.69, 9.17) is 4.74 Å². The number of carbonyl (C=O) groups is 2. The van der Waals surface area contributed by atoms with Gasteiger partial charge in [-0.25, -0.2) is 13.9 Å². The number of urea groups is 1. The number of benzene rings is 2. The highest BCUT2D eigenvalue weighted by Gasteiger charge is 2.36. The molecule has 0 spiro atoms. The third-order valence-electron chi connectivity index (χ3n) is 5.30. The van der Waals surface area contributed by atoms with Gasteiger partial charge in [0.25, 0.3) is 0 Å². The second kappa shape index (κ2) is 9.74. The van der Waals surface area contributed by atoms with Crippen LogP contribution < -0.4 is 16.0 Å². The molecule has 184 valence electrons. The smallest absolute Gasteiger partial charge is 0.364 e. The first-order valence-corrected chi connectivity index (χ1v) is 10.6. The number of carbonyl (C=O) groups excluding carboxylic acids is 2. The van der Waals surface area contributed by atoms with Crippen molar-refractivity contribution in [3.63, 3.8) is 0 Å². The molecule has 3 amide bonds. The fourth-order valence-corrected chi connectivity index (χ4v) is 3.39. The van der Waals surface area contributed by atoms with Crippen molar-refractivity contribution in [2.24, 2.45) is 0 Å². The maximum Gasteiger partial charge on any atom is 0.414 e. The molecule has 0 bridgehead atoms. The van der Waals surface area contributed by atoms with Gasteiger partial charge in [-0.2, -0.15) is 13.2 Å². The van der Waals surface area contributed by atoms with E-state index in [9.17, 15) is 27.2 Å². The predicted molar refractivity (Wildman–Crippen MR) is 118 cm³/mol. The van der Waals surface area contributed by atoms with E-state index in [1.165, 1.54) is 28.9 Å². The Morgan fingerprint density at radius 1 is 1.23 bits per heavy atom. The number of rotatable bonds is 7. The lowest BCUT2D eigenvalue weighted by atomic mass is 10.1. The van der Waals surface area contributed by atoms with Gasteiger partial charge in [0.2, 0.25) is 5.91 Å². The largest absolute Gasteiger partial charge is 0.414 e. The number of nitrogens with one attached hydrogen (secondary N) is 3. The maximum atomic E-state index is 13.5. The van der Waals surface area contributed by atoms with Crippen LogP contribution in [0.5, 0.6) is 0 Å². The highest BCUT2D eigenvalue weighted by atomic mass is 19.4. The zero-order valence-electron chi connectivity index (χ0n) is 18.4. The molecule has 1 saturated heterocycles. The molecule has 3 aromatic rings. The minimum Gasteiger partial charge on any atom is -0.364 e. The number of amides is 3. The van der Waals surface area contributed by atoms with Crippen molar-refractivity contribution in [3.8, 4) is 16.9 Å². The Kier molecular flexibility index (Phi) is 6.74. The van der Waals surface area contributed by atoms with Gasteiger partial charge in [-0.1, -0.05) is 18.2 Å². The predicted octanol–water partition coefficient (Wildman–Crippen LogP) is 3.77. The molecule has 12 heteroatoms. The molecule has 1 aliphatic heterocycles. The molecule has 0 unspecified atom stereocenters. The summed E-state index contributed by atoms with van der Waals surface area (Å²) in [6.45, 7) is 0.788. The monoisotopic (exact) mass is 491 g/mol. The second-order valence-corrected chi connectivity index (χ2v) is 7.89. The SMILES string of the molecule is C[C@@H](OCc1cccc(-c2cc(NC(=O)[C@H]3CNC(=O)N3)nn2-c2ccc(F)cc2)c1)C(F)(F)F. The van der Waals surface area contributed by atoms with Crippen LogP contribution in [0.4, 0.5) is 28.2 Å². The van der Waals surface area contributed by atoms with Gasteiger partial charge in [0.05, 0.1) is 18.0 Å². The lowest BCUT2D eigenvalue weighted by Gasteiger charge is -2.16. The summed E-state index contributed by atoms with van der Waals surface area (Å²) in [5.41, 5.74) is 2.06. The molecular weight excluding hydrogens is 470 g/mol. The Hall–Kier alpha value is -3.93. The van der Waals surface area contributed by atoms with Crippen molar-refractivity contribution < 1.29 is 31.9 Å². The number of ether oxygens (including phenoxy) is 1. The Bertz CT molecular complexity index is 1230. The fraction of sp³-hybridized carbons (Fsp3) is 0.261. The van der Waals surface area contributed by atoms with Crippen molar-refractivity contribution in [2.75, 3.05) is 11.9 Å². The quantitative estimate of drug-likeness (QED) is 0.439. The maximum absolute atomic E-state index is 13.5. The van der Waals surface area contributed by atoms with E-state index in [1.807, 2.05) is 0 Å². The van der Waals surface area contributed by atoms with Crippen LogP contribution in [0, 0.1) is 5.82 Å². The zero-order chi connectivity index (χ0) is 25.2. The highest BCUT2D eigenvalue weighted by molar-refractivity contribution is 5.98. The summed E-state index contributed by atoms with van der Waals surface area (Å²) in [4.78, 5) is 23.8. The fourth-order valence-electron chi connectivity index (χ4n) is 3.39. The van der Waals surface area contributed by atoms with Gasteiger partial charge in [-0.3, -0.25) is 4.79 Å². The topological polar surface area (TPSA) is 97.3 Å². The van der Waals surface area contributed by atoms with Crippen molar-refractivity contribution in [2.45, 2.75) is 31.9 Å². The van der Waals surface area contributed by atoms with Gasteiger partial charge in [0.1, 0.15) is 11.9 Å². The average Bonchev–Trinajstić information content (AvgIpc) is 3.44. The molecule has 2 aromatic carbocycles. The van der Waals surface area contributed by atoms with Crippen LogP contribution in [0.25, 0.3) is 16.9 Å². The molecular formula is C23H21F4N5O3. The number of anilines is 1. The molecule has 0 aliphatic carbocycles. The third kappa shape index (κ3) is 5.77. The average molecular weight is 491 g/mol. The van der Waals surface area contributed by atoms with Gasteiger partial charge in [-0.15, -0.1) is 5.10 Å². The number of hydrogen-bond acceptors (Lipinski definition) is 4. The first-order valence-electron chi connectivity index (χ1n) is 10.6. The molecule has 4 rings (SSSR count). The van der Waals surface area contributed by atoms with Crippen molar-refractivity contribution in [3.05, 3.63) is 66.0 Å². The van der Waals surface area contributed by atoms with Gasteiger partial charge >= 0.3 is 12.2 Å². The van der Waals surface area contributed by atoms with Crippen LogP contribution in [-0.2, 0) is 16.1 Å². The third-order valence-corrected chi connectivity index (χ3v) is 5.30. The summed E-state index contributed by atoms with van der Waals surface area (Å²) in [5, 5.41) is 12.0. The summed E-state index contributed by atoms with van der Waals surface area (Å²) in [5.74, 6) is -0.761. The Labute approximate surface area is 197 Å². The van der Waals surface area contributed by atoms with E-state index in [0.717, 1.165) is 6.92 Å². The lowest BCUT2D eigenvalue weighted by Crippen LogP contribution is -2.38. The van der Waals surface area contributed by atoms with Crippen molar-refractivity contribution in [1.82, 2.24) is 20.4 Å². The zero-order valence-corrected chi connectivity index (χ0v) is 18.4. The molecule has 0 radical (unpaired) electrons. The lowest BCUT2D eigenvalue weighted by molar-refractivity contribution is -0.217. The van der Waals surface area contributed by atoms with E-state index in [0.29, 0.717) is 22.5 Å². The molecule has 2 heterocycles. The van der Waals surface area contributed by atoms with E-state index in [2.05, 4.69) is 21.0 Å². The first-order chi connectivity index (χ1) is 16.6. The van der Waals surface area contributed by atoms with Crippen LogP contribution >= 0.6 is 0 Å². The summed E-state index contributed by atoms with van der Waals surface area (Å²) in [6.07, 6.45) is -6.40. The number of halogens is 4. The summed E-state index contributed by atoms with van der Waals surface area (Å²) < 4.78 is 58.2. The van der Waals surface area contributed by atoms with Crippen molar-refractivity contribution >= 4 is 17.8 Å². The van der Waals surface area contributed by atoms with Crippen LogP contribution in [-0.4, -0.2) is 46.6 Å². The minimum atomic E-state index is -4.47. The first kappa shape index (κ1) is 24.2. The number of alkyl halides is 3.